The Morgan fingerprint density at radius 1 is 1.25 bits per heavy atom. The number of hydrogen-bond acceptors (Lipinski definition) is 3. The van der Waals surface area contributed by atoms with E-state index in [0.717, 1.165) is 5.69 Å². The molecule has 0 amide bonds. The molecule has 2 atom stereocenters. The van der Waals surface area contributed by atoms with E-state index in [1.54, 1.807) is 0 Å². The van der Waals surface area contributed by atoms with E-state index < -0.39 is 5.60 Å². The van der Waals surface area contributed by atoms with Gasteiger partial charge in [0.1, 0.15) is 0 Å². The van der Waals surface area contributed by atoms with Crippen molar-refractivity contribution in [2.45, 2.75) is 38.8 Å². The van der Waals surface area contributed by atoms with E-state index in [9.17, 15) is 4.79 Å². The Kier molecular flexibility index (Phi) is 2.96. The maximum absolute atomic E-state index is 12.4. The average molecular weight is 292 g/mol. The molecule has 2 bridgehead atoms. The van der Waals surface area contributed by atoms with E-state index in [1.807, 2.05) is 42.3 Å². The zero-order chi connectivity index (χ0) is 14.5. The minimum atomic E-state index is -0.871. The molecular formula is C16H18ClNO2. The molecule has 0 spiro atoms. The number of fused-ring (bicyclic) bond motifs is 3. The van der Waals surface area contributed by atoms with Gasteiger partial charge in [-0.2, -0.15) is 0 Å². The lowest BCUT2D eigenvalue weighted by molar-refractivity contribution is -0.137. The van der Waals surface area contributed by atoms with Gasteiger partial charge in [0.25, 0.3) is 0 Å². The van der Waals surface area contributed by atoms with Gasteiger partial charge >= 0.3 is 0 Å². The lowest BCUT2D eigenvalue weighted by atomic mass is 9.80. The third-order valence-corrected chi connectivity index (χ3v) is 4.44. The molecule has 4 rings (SSSR count). The lowest BCUT2D eigenvalue weighted by Gasteiger charge is -2.42. The highest BCUT2D eigenvalue weighted by Crippen LogP contribution is 2.43. The Morgan fingerprint density at radius 3 is 2.55 bits per heavy atom. The molecule has 1 saturated heterocycles. The summed E-state index contributed by atoms with van der Waals surface area (Å²) in [6.07, 6.45) is 4.48. The molecule has 0 saturated carbocycles. The van der Waals surface area contributed by atoms with Crippen molar-refractivity contribution in [1.29, 1.82) is 0 Å². The number of Topliss-reactive ketones (excluding diaryl/α,β-unsaturated/α-hetero) is 1. The zero-order valence-electron chi connectivity index (χ0n) is 11.9. The quantitative estimate of drug-likeness (QED) is 0.738. The van der Waals surface area contributed by atoms with Gasteiger partial charge in [-0.15, -0.1) is 0 Å². The number of rotatable bonds is 1. The fourth-order valence-corrected chi connectivity index (χ4v) is 2.99. The van der Waals surface area contributed by atoms with Crippen LogP contribution in [0.5, 0.6) is 0 Å². The molecule has 2 heterocycles. The van der Waals surface area contributed by atoms with Gasteiger partial charge in [0.15, 0.2) is 11.4 Å². The topological polar surface area (TPSA) is 29.5 Å². The second-order valence-electron chi connectivity index (χ2n) is 6.39. The number of carbonyl (C=O) groups excluding carboxylic acids is 1. The maximum Gasteiger partial charge on any atom is 0.171 e. The maximum atomic E-state index is 12.4. The minimum Gasteiger partial charge on any atom is -0.296 e. The fourth-order valence-electron chi connectivity index (χ4n) is 2.86. The first kappa shape index (κ1) is 13.7. The molecule has 0 radical (unpaired) electrons. The van der Waals surface area contributed by atoms with Crippen LogP contribution in [0.2, 0.25) is 5.02 Å². The van der Waals surface area contributed by atoms with Crippen molar-refractivity contribution in [2.24, 2.45) is 5.41 Å². The van der Waals surface area contributed by atoms with Crippen LogP contribution in [0, 0.1) is 5.41 Å². The lowest BCUT2D eigenvalue weighted by Crippen LogP contribution is -2.49. The summed E-state index contributed by atoms with van der Waals surface area (Å²) in [5.41, 5.74) is -0.136. The second kappa shape index (κ2) is 4.34. The molecule has 0 aromatic heterocycles. The molecule has 1 aromatic carbocycles. The first-order valence-electron chi connectivity index (χ1n) is 6.78. The van der Waals surface area contributed by atoms with Crippen molar-refractivity contribution in [3.8, 4) is 0 Å². The van der Waals surface area contributed by atoms with Crippen LogP contribution in [-0.2, 0) is 9.63 Å². The van der Waals surface area contributed by atoms with Gasteiger partial charge < -0.3 is 0 Å². The van der Waals surface area contributed by atoms with Crippen LogP contribution in [0.1, 0.15) is 27.2 Å². The Bertz CT molecular complexity index is 579. The number of hydrogen-bond donors (Lipinski definition) is 0. The predicted molar refractivity (Wildman–Crippen MR) is 79.8 cm³/mol. The molecule has 1 aliphatic carbocycles. The zero-order valence-corrected chi connectivity index (χ0v) is 12.6. The molecule has 3 aliphatic rings. The van der Waals surface area contributed by atoms with Crippen LogP contribution in [0.25, 0.3) is 0 Å². The second-order valence-corrected chi connectivity index (χ2v) is 6.83. The number of carbonyl (C=O) groups is 1. The molecule has 3 nitrogen and oxygen atoms in total. The Labute approximate surface area is 124 Å². The standard InChI is InChI=1S/C16H18ClNO2/c1-15(2)10-14(19)16(3)9-8-13(15)18(20-16)12-6-4-11(17)5-7-12/h4-9,13H,10H2,1-3H3/t13-,16+/m1/s1. The highest BCUT2D eigenvalue weighted by molar-refractivity contribution is 6.30. The van der Waals surface area contributed by atoms with E-state index in [-0.39, 0.29) is 17.2 Å². The van der Waals surface area contributed by atoms with Gasteiger partial charge in [-0.25, -0.2) is 5.06 Å². The molecule has 20 heavy (non-hydrogen) atoms. The van der Waals surface area contributed by atoms with Crippen LogP contribution >= 0.6 is 11.6 Å². The normalized spacial score (nSPS) is 31.5. The SMILES string of the molecule is CC1(C)CC(=O)[C@]2(C)C=C[C@H]1N(c1ccc(Cl)cc1)O2. The minimum absolute atomic E-state index is 0.0307. The van der Waals surface area contributed by atoms with Crippen molar-refractivity contribution < 1.29 is 9.63 Å². The summed E-state index contributed by atoms with van der Waals surface area (Å²) < 4.78 is 0. The van der Waals surface area contributed by atoms with Crippen LogP contribution in [0.15, 0.2) is 36.4 Å². The molecule has 2 aliphatic heterocycles. The smallest absolute Gasteiger partial charge is 0.171 e. The Morgan fingerprint density at radius 2 is 1.90 bits per heavy atom. The Hall–Kier alpha value is -1.32. The van der Waals surface area contributed by atoms with Gasteiger partial charge in [-0.05, 0) is 42.7 Å². The molecule has 4 heteroatoms. The highest BCUT2D eigenvalue weighted by atomic mass is 35.5. The monoisotopic (exact) mass is 291 g/mol. The number of benzene rings is 1. The third-order valence-electron chi connectivity index (χ3n) is 4.19. The van der Waals surface area contributed by atoms with Crippen LogP contribution in [0.4, 0.5) is 5.69 Å². The third kappa shape index (κ3) is 2.05. The number of anilines is 1. The predicted octanol–water partition coefficient (Wildman–Crippen LogP) is 3.77. The number of nitrogens with zero attached hydrogens (tertiary/aromatic N) is 1. The summed E-state index contributed by atoms with van der Waals surface area (Å²) >= 11 is 5.94. The van der Waals surface area contributed by atoms with Gasteiger partial charge in [-0.3, -0.25) is 9.63 Å². The average Bonchev–Trinajstić information content (AvgIpc) is 2.50. The summed E-state index contributed by atoms with van der Waals surface area (Å²) in [5, 5.41) is 2.53. The summed E-state index contributed by atoms with van der Waals surface area (Å²) in [5.74, 6) is 0.123. The highest BCUT2D eigenvalue weighted by Gasteiger charge is 2.50. The van der Waals surface area contributed by atoms with E-state index in [1.165, 1.54) is 0 Å². The first-order chi connectivity index (χ1) is 9.32. The van der Waals surface area contributed by atoms with Crippen molar-refractivity contribution in [2.75, 3.05) is 5.06 Å². The van der Waals surface area contributed by atoms with E-state index in [2.05, 4.69) is 19.9 Å². The van der Waals surface area contributed by atoms with Gasteiger partial charge in [0, 0.05) is 11.4 Å². The number of halogens is 1. The largest absolute Gasteiger partial charge is 0.296 e. The van der Waals surface area contributed by atoms with Crippen molar-refractivity contribution in [3.63, 3.8) is 0 Å². The van der Waals surface area contributed by atoms with Crippen LogP contribution < -0.4 is 5.06 Å². The van der Waals surface area contributed by atoms with Crippen molar-refractivity contribution in [1.82, 2.24) is 0 Å². The van der Waals surface area contributed by atoms with Gasteiger partial charge in [-0.1, -0.05) is 31.5 Å². The fraction of sp³-hybridized carbons (Fsp3) is 0.438. The van der Waals surface area contributed by atoms with Gasteiger partial charge in [0.2, 0.25) is 0 Å². The summed E-state index contributed by atoms with van der Waals surface area (Å²) in [6.45, 7) is 6.03. The number of ketones is 1. The van der Waals surface area contributed by atoms with Crippen LogP contribution in [-0.4, -0.2) is 17.4 Å². The summed E-state index contributed by atoms with van der Waals surface area (Å²) in [6, 6.07) is 7.53. The van der Waals surface area contributed by atoms with Crippen molar-refractivity contribution in [3.05, 3.63) is 41.4 Å². The molecule has 0 unspecified atom stereocenters. The Balaban J connectivity index is 2.07. The molecule has 0 N–H and O–H groups in total. The molecule has 1 aromatic rings. The van der Waals surface area contributed by atoms with E-state index in [4.69, 9.17) is 16.4 Å². The summed E-state index contributed by atoms with van der Waals surface area (Å²) in [7, 11) is 0. The molecule has 106 valence electrons. The van der Waals surface area contributed by atoms with E-state index >= 15 is 0 Å². The molecular weight excluding hydrogens is 274 g/mol. The van der Waals surface area contributed by atoms with E-state index in [0.29, 0.717) is 11.4 Å². The van der Waals surface area contributed by atoms with Crippen molar-refractivity contribution >= 4 is 23.1 Å². The first-order valence-corrected chi connectivity index (χ1v) is 7.16. The summed E-state index contributed by atoms with van der Waals surface area (Å²) in [4.78, 5) is 18.4. The van der Waals surface area contributed by atoms with Gasteiger partial charge in [0.05, 0.1) is 11.7 Å². The molecule has 1 fully saturated rings. The van der Waals surface area contributed by atoms with Crippen LogP contribution in [0.3, 0.4) is 0 Å². The number of hydroxylamine groups is 1.